The number of benzene rings is 3. The number of amidine groups is 1. The van der Waals surface area contributed by atoms with E-state index in [1.165, 1.54) is 24.2 Å². The van der Waals surface area contributed by atoms with Crippen molar-refractivity contribution in [1.29, 1.82) is 0 Å². The van der Waals surface area contributed by atoms with E-state index < -0.39 is 0 Å². The molecular weight excluding hydrogens is 504 g/mol. The Morgan fingerprint density at radius 1 is 1.03 bits per heavy atom. The first-order valence-electron chi connectivity index (χ1n) is 9.80. The van der Waals surface area contributed by atoms with Crippen molar-refractivity contribution in [3.05, 3.63) is 89.0 Å². The molecule has 0 aliphatic heterocycles. The number of amides is 1. The van der Waals surface area contributed by atoms with Crippen LogP contribution in [-0.2, 0) is 4.79 Å². The Balaban J connectivity index is 1.63. The summed E-state index contributed by atoms with van der Waals surface area (Å²) >= 11 is 4.81. The van der Waals surface area contributed by atoms with Crippen LogP contribution in [-0.4, -0.2) is 26.0 Å². The topological polar surface area (TPSA) is 98.0 Å². The van der Waals surface area contributed by atoms with Gasteiger partial charge in [0.15, 0.2) is 0 Å². The van der Waals surface area contributed by atoms with Crippen LogP contribution in [0.15, 0.2) is 93.4 Å². The molecule has 170 valence electrons. The van der Waals surface area contributed by atoms with Gasteiger partial charge in [-0.2, -0.15) is 0 Å². The van der Waals surface area contributed by atoms with Crippen LogP contribution in [0.5, 0.6) is 11.5 Å². The normalized spacial score (nSPS) is 11.3. The highest BCUT2D eigenvalue weighted by Gasteiger charge is 2.08. The number of hydrogen-bond donors (Lipinski definition) is 3. The maximum atomic E-state index is 12.3. The van der Waals surface area contributed by atoms with Gasteiger partial charge < -0.3 is 25.2 Å². The van der Waals surface area contributed by atoms with Crippen molar-refractivity contribution in [2.45, 2.75) is 4.90 Å². The lowest BCUT2D eigenvalue weighted by Gasteiger charge is -2.12. The van der Waals surface area contributed by atoms with Gasteiger partial charge in [0.2, 0.25) is 5.91 Å². The maximum absolute atomic E-state index is 12.3. The van der Waals surface area contributed by atoms with Crippen molar-refractivity contribution in [3.63, 3.8) is 0 Å². The summed E-state index contributed by atoms with van der Waals surface area (Å²) in [5.41, 5.74) is 8.25. The average molecular weight is 527 g/mol. The second-order valence-corrected chi connectivity index (χ2v) is 8.39. The molecule has 0 aliphatic carbocycles. The molecule has 7 nitrogen and oxygen atoms in total. The van der Waals surface area contributed by atoms with Gasteiger partial charge in [0.25, 0.3) is 0 Å². The highest BCUT2D eigenvalue weighted by atomic mass is 79.9. The fourth-order valence-corrected chi connectivity index (χ4v) is 3.76. The summed E-state index contributed by atoms with van der Waals surface area (Å²) in [7, 11) is 3.18. The smallest absolute Gasteiger partial charge is 0.249 e. The highest BCUT2D eigenvalue weighted by Crippen LogP contribution is 2.33. The number of methoxy groups -OCH3 is 2. The fourth-order valence-electron chi connectivity index (χ4n) is 2.69. The first-order valence-corrected chi connectivity index (χ1v) is 11.4. The summed E-state index contributed by atoms with van der Waals surface area (Å²) in [6.45, 7) is 0. The molecule has 3 aromatic carbocycles. The highest BCUT2D eigenvalue weighted by molar-refractivity contribution is 9.10. The molecule has 3 rings (SSSR count). The second-order valence-electron chi connectivity index (χ2n) is 6.63. The number of aliphatic imine (C=N–C) groups is 1. The molecule has 0 saturated heterocycles. The molecule has 0 aromatic heterocycles. The van der Waals surface area contributed by atoms with E-state index in [1.54, 1.807) is 32.4 Å². The number of anilines is 2. The van der Waals surface area contributed by atoms with Crippen molar-refractivity contribution in [3.8, 4) is 11.5 Å². The maximum Gasteiger partial charge on any atom is 0.249 e. The predicted molar refractivity (Wildman–Crippen MR) is 138 cm³/mol. The SMILES string of the molecule is COc1cccc(C(N)=N/C=C/C(=O)Nc2ccc(OC)c(SNc3ccc(Br)cc3)c2)c1. The minimum absolute atomic E-state index is 0.278. The molecule has 33 heavy (non-hydrogen) atoms. The Morgan fingerprint density at radius 2 is 1.79 bits per heavy atom. The zero-order valence-corrected chi connectivity index (χ0v) is 20.4. The molecule has 4 N–H and O–H groups in total. The van der Waals surface area contributed by atoms with Crippen LogP contribution >= 0.6 is 27.9 Å². The summed E-state index contributed by atoms with van der Waals surface area (Å²) in [5, 5.41) is 2.81. The van der Waals surface area contributed by atoms with E-state index in [0.29, 0.717) is 22.7 Å². The van der Waals surface area contributed by atoms with Crippen molar-refractivity contribution in [2.24, 2.45) is 10.7 Å². The van der Waals surface area contributed by atoms with E-state index in [9.17, 15) is 4.79 Å². The third-order valence-corrected chi connectivity index (χ3v) is 5.76. The molecule has 0 heterocycles. The van der Waals surface area contributed by atoms with Crippen LogP contribution in [0.3, 0.4) is 0 Å². The molecule has 0 bridgehead atoms. The average Bonchev–Trinajstić information content (AvgIpc) is 2.83. The molecular formula is C24H23BrN4O3S. The zero-order chi connectivity index (χ0) is 23.6. The minimum Gasteiger partial charge on any atom is -0.497 e. The van der Waals surface area contributed by atoms with E-state index in [2.05, 4.69) is 31.0 Å². The number of nitrogens with one attached hydrogen (secondary N) is 2. The lowest BCUT2D eigenvalue weighted by Crippen LogP contribution is -2.13. The fraction of sp³-hybridized carbons (Fsp3) is 0.0833. The number of hydrogen-bond acceptors (Lipinski definition) is 6. The van der Waals surface area contributed by atoms with Crippen molar-refractivity contribution >= 4 is 51.0 Å². The van der Waals surface area contributed by atoms with E-state index in [4.69, 9.17) is 15.2 Å². The van der Waals surface area contributed by atoms with E-state index in [1.807, 2.05) is 48.5 Å². The van der Waals surface area contributed by atoms with E-state index >= 15 is 0 Å². The van der Waals surface area contributed by atoms with Gasteiger partial charge in [0, 0.05) is 33.7 Å². The first-order chi connectivity index (χ1) is 16.0. The number of carbonyl (C=O) groups is 1. The van der Waals surface area contributed by atoms with Crippen LogP contribution in [0.2, 0.25) is 0 Å². The third-order valence-electron chi connectivity index (χ3n) is 4.36. The molecule has 0 aliphatic rings. The Hall–Kier alpha value is -3.43. The Bertz CT molecular complexity index is 1170. The van der Waals surface area contributed by atoms with Crippen LogP contribution in [0.1, 0.15) is 5.56 Å². The van der Waals surface area contributed by atoms with Gasteiger partial charge in [-0.1, -0.05) is 28.1 Å². The monoisotopic (exact) mass is 526 g/mol. The number of ether oxygens (including phenoxy) is 2. The van der Waals surface area contributed by atoms with Gasteiger partial charge in [-0.15, -0.1) is 0 Å². The van der Waals surface area contributed by atoms with Crippen LogP contribution in [0, 0.1) is 0 Å². The molecule has 0 fully saturated rings. The quantitative estimate of drug-likeness (QED) is 0.148. The van der Waals surface area contributed by atoms with Crippen molar-refractivity contribution < 1.29 is 14.3 Å². The van der Waals surface area contributed by atoms with Crippen LogP contribution in [0.4, 0.5) is 11.4 Å². The van der Waals surface area contributed by atoms with Gasteiger partial charge in [-0.05, 0) is 66.5 Å². The van der Waals surface area contributed by atoms with E-state index in [-0.39, 0.29) is 11.7 Å². The zero-order valence-electron chi connectivity index (χ0n) is 18.0. The molecule has 9 heteroatoms. The Morgan fingerprint density at radius 3 is 2.52 bits per heavy atom. The summed E-state index contributed by atoms with van der Waals surface area (Å²) in [6.07, 6.45) is 2.67. The van der Waals surface area contributed by atoms with Gasteiger partial charge in [0.05, 0.1) is 19.1 Å². The summed E-state index contributed by atoms with van der Waals surface area (Å²) in [5.74, 6) is 1.31. The lowest BCUT2D eigenvalue weighted by molar-refractivity contribution is -0.111. The van der Waals surface area contributed by atoms with Crippen molar-refractivity contribution in [1.82, 2.24) is 0 Å². The number of carbonyl (C=O) groups excluding carboxylic acids is 1. The Kier molecular flexibility index (Phi) is 8.79. The van der Waals surface area contributed by atoms with Gasteiger partial charge in [0.1, 0.15) is 17.3 Å². The molecule has 1 amide bonds. The summed E-state index contributed by atoms with van der Waals surface area (Å²) in [4.78, 5) is 17.3. The second kappa shape index (κ2) is 12.0. The molecule has 0 saturated carbocycles. The van der Waals surface area contributed by atoms with Gasteiger partial charge >= 0.3 is 0 Å². The molecule has 0 radical (unpaired) electrons. The van der Waals surface area contributed by atoms with Crippen molar-refractivity contribution in [2.75, 3.05) is 24.3 Å². The number of rotatable bonds is 9. The van der Waals surface area contributed by atoms with Crippen LogP contribution < -0.4 is 25.2 Å². The Labute approximate surface area is 205 Å². The predicted octanol–water partition coefficient (Wildman–Crippen LogP) is 5.44. The van der Waals surface area contributed by atoms with Gasteiger partial charge in [-0.3, -0.25) is 4.79 Å². The largest absolute Gasteiger partial charge is 0.497 e. The number of nitrogens with two attached hydrogens (primary N) is 1. The summed E-state index contributed by atoms with van der Waals surface area (Å²) < 4.78 is 14.9. The first kappa shape index (κ1) is 24.2. The summed E-state index contributed by atoms with van der Waals surface area (Å²) in [6, 6.07) is 20.4. The van der Waals surface area contributed by atoms with E-state index in [0.717, 1.165) is 15.1 Å². The minimum atomic E-state index is -0.334. The molecule has 3 aromatic rings. The third kappa shape index (κ3) is 7.30. The van der Waals surface area contributed by atoms with Gasteiger partial charge in [-0.25, -0.2) is 4.99 Å². The molecule has 0 spiro atoms. The van der Waals surface area contributed by atoms with Crippen LogP contribution in [0.25, 0.3) is 0 Å². The standard InChI is InChI=1S/C24H23BrN4O3S/c1-31-20-5-3-4-16(14-20)24(26)27-13-12-23(30)28-19-10-11-21(32-2)22(15-19)33-29-18-8-6-17(25)7-9-18/h3-15,29H,1-2H3,(H2,26,27)(H,28,30)/b13-12+. The molecule has 0 atom stereocenters. The lowest BCUT2D eigenvalue weighted by atomic mass is 10.2. The number of halogens is 1. The number of nitrogens with zero attached hydrogens (tertiary/aromatic N) is 1. The molecule has 0 unspecified atom stereocenters.